The van der Waals surface area contributed by atoms with Gasteiger partial charge in [-0.05, 0) is 28.1 Å². The third-order valence-electron chi connectivity index (χ3n) is 5.61. The standard InChI is InChI=1S/C20H28NPSi/c1-16-18-14-10-11-15-19(18)22(17-12-8-7-9-13-17)21(16)23(5,6)20(2,3)4/h7-16H,1-6H3/t16-,22-/m1/s1. The SMILES string of the molecule is C[C@@H]1c2ccccc2[P@@](c2ccccc2)N1[Si](C)(C)C(C)(C)C. The van der Waals surface area contributed by atoms with Crippen LogP contribution in [0.2, 0.25) is 18.1 Å². The Bertz CT molecular complexity index is 690. The molecule has 1 aliphatic rings. The average molecular weight is 342 g/mol. The van der Waals surface area contributed by atoms with Crippen molar-refractivity contribution in [2.24, 2.45) is 0 Å². The van der Waals surface area contributed by atoms with Crippen molar-refractivity contribution < 1.29 is 0 Å². The molecule has 0 amide bonds. The molecule has 0 fully saturated rings. The molecule has 1 nitrogen and oxygen atoms in total. The van der Waals surface area contributed by atoms with E-state index in [1.807, 2.05) is 0 Å². The van der Waals surface area contributed by atoms with Gasteiger partial charge in [-0.2, -0.15) is 0 Å². The third kappa shape index (κ3) is 2.71. The van der Waals surface area contributed by atoms with E-state index in [1.165, 1.54) is 10.9 Å². The Morgan fingerprint density at radius 2 is 1.48 bits per heavy atom. The quantitative estimate of drug-likeness (QED) is 0.521. The lowest BCUT2D eigenvalue weighted by molar-refractivity contribution is 0.504. The van der Waals surface area contributed by atoms with Crippen LogP contribution in [0.15, 0.2) is 54.6 Å². The van der Waals surface area contributed by atoms with Crippen molar-refractivity contribution in [2.45, 2.75) is 51.9 Å². The Balaban J connectivity index is 2.19. The Labute approximate surface area is 143 Å². The smallest absolute Gasteiger partial charge is 0.133 e. The molecular weight excluding hydrogens is 313 g/mol. The van der Waals surface area contributed by atoms with Gasteiger partial charge < -0.3 is 0 Å². The predicted molar refractivity (Wildman–Crippen MR) is 107 cm³/mol. The second-order valence-corrected chi connectivity index (χ2v) is 15.6. The van der Waals surface area contributed by atoms with Gasteiger partial charge in [0, 0.05) is 14.1 Å². The Morgan fingerprint density at radius 3 is 2.09 bits per heavy atom. The zero-order chi connectivity index (χ0) is 16.8. The lowest BCUT2D eigenvalue weighted by atomic mass is 10.1. The van der Waals surface area contributed by atoms with Gasteiger partial charge in [0.05, 0.1) is 0 Å². The van der Waals surface area contributed by atoms with E-state index in [0.29, 0.717) is 11.1 Å². The van der Waals surface area contributed by atoms with Crippen LogP contribution in [-0.4, -0.2) is 12.6 Å². The van der Waals surface area contributed by atoms with E-state index in [9.17, 15) is 0 Å². The van der Waals surface area contributed by atoms with Crippen molar-refractivity contribution in [3.05, 3.63) is 60.2 Å². The summed E-state index contributed by atoms with van der Waals surface area (Å²) in [4.78, 5) is 0. The van der Waals surface area contributed by atoms with Crippen molar-refractivity contribution in [1.82, 2.24) is 4.34 Å². The molecule has 3 heteroatoms. The van der Waals surface area contributed by atoms with E-state index in [0.717, 1.165) is 0 Å². The number of fused-ring (bicyclic) bond motifs is 1. The topological polar surface area (TPSA) is 3.24 Å². The summed E-state index contributed by atoms with van der Waals surface area (Å²) in [5.41, 5.74) is 1.53. The summed E-state index contributed by atoms with van der Waals surface area (Å²) in [6.45, 7) is 14.8. The second kappa shape index (κ2) is 5.84. The van der Waals surface area contributed by atoms with E-state index in [1.54, 1.807) is 5.30 Å². The fourth-order valence-corrected chi connectivity index (χ4v) is 11.1. The van der Waals surface area contributed by atoms with E-state index >= 15 is 0 Å². The molecule has 0 aromatic heterocycles. The van der Waals surface area contributed by atoms with Crippen LogP contribution in [0.1, 0.15) is 39.3 Å². The first kappa shape index (κ1) is 16.9. The molecule has 0 saturated heterocycles. The molecule has 1 aliphatic heterocycles. The van der Waals surface area contributed by atoms with Crippen LogP contribution in [0.5, 0.6) is 0 Å². The van der Waals surface area contributed by atoms with Crippen LogP contribution in [0, 0.1) is 0 Å². The van der Waals surface area contributed by atoms with Gasteiger partial charge in [-0.3, -0.25) is 4.34 Å². The zero-order valence-electron chi connectivity index (χ0n) is 15.2. The van der Waals surface area contributed by atoms with E-state index < -0.39 is 16.3 Å². The summed E-state index contributed by atoms with van der Waals surface area (Å²) < 4.78 is 2.92. The van der Waals surface area contributed by atoms with Crippen LogP contribution in [0.25, 0.3) is 0 Å². The number of benzene rings is 2. The van der Waals surface area contributed by atoms with Gasteiger partial charge in [0.15, 0.2) is 0 Å². The molecule has 0 aliphatic carbocycles. The maximum Gasteiger partial charge on any atom is 0.133 e. The summed E-state index contributed by atoms with van der Waals surface area (Å²) in [6, 6.07) is 20.8. The Hall–Kier alpha value is -0.953. The van der Waals surface area contributed by atoms with Crippen LogP contribution in [0.4, 0.5) is 0 Å². The highest BCUT2D eigenvalue weighted by atomic mass is 31.1. The van der Waals surface area contributed by atoms with Crippen molar-refractivity contribution in [3.8, 4) is 0 Å². The van der Waals surface area contributed by atoms with Crippen molar-refractivity contribution in [3.63, 3.8) is 0 Å². The van der Waals surface area contributed by atoms with E-state index in [4.69, 9.17) is 0 Å². The van der Waals surface area contributed by atoms with Crippen molar-refractivity contribution in [2.75, 3.05) is 0 Å². The third-order valence-corrected chi connectivity index (χ3v) is 15.3. The highest BCUT2D eigenvalue weighted by Gasteiger charge is 2.50. The molecule has 1 heterocycles. The largest absolute Gasteiger partial charge is 0.289 e. The average Bonchev–Trinajstić information content (AvgIpc) is 2.81. The maximum atomic E-state index is 2.92. The van der Waals surface area contributed by atoms with E-state index in [-0.39, 0.29) is 0 Å². The lowest BCUT2D eigenvalue weighted by Gasteiger charge is -2.49. The number of rotatable bonds is 2. The molecule has 0 bridgehead atoms. The Kier molecular flexibility index (Phi) is 4.29. The van der Waals surface area contributed by atoms with Crippen molar-refractivity contribution in [1.29, 1.82) is 0 Å². The van der Waals surface area contributed by atoms with Crippen molar-refractivity contribution >= 4 is 26.9 Å². The summed E-state index contributed by atoms with van der Waals surface area (Å²) in [6.07, 6.45) is 0. The normalized spacial score (nSPS) is 22.2. The highest BCUT2D eigenvalue weighted by Crippen LogP contribution is 2.58. The fourth-order valence-electron chi connectivity index (χ4n) is 3.37. The number of nitrogens with zero attached hydrogens (tertiary/aromatic N) is 1. The molecule has 0 spiro atoms. The molecule has 0 radical (unpaired) electrons. The molecule has 0 N–H and O–H groups in total. The first-order valence-corrected chi connectivity index (χ1v) is 12.7. The molecule has 0 unspecified atom stereocenters. The maximum absolute atomic E-state index is 2.92. The predicted octanol–water partition coefficient (Wildman–Crippen LogP) is 5.42. The zero-order valence-corrected chi connectivity index (χ0v) is 17.1. The molecule has 2 aromatic rings. The number of hydrogen-bond acceptors (Lipinski definition) is 1. The van der Waals surface area contributed by atoms with Gasteiger partial charge in [0.1, 0.15) is 8.24 Å². The highest BCUT2D eigenvalue weighted by molar-refractivity contribution is 7.73. The molecule has 122 valence electrons. The van der Waals surface area contributed by atoms with Gasteiger partial charge in [0.25, 0.3) is 0 Å². The van der Waals surface area contributed by atoms with Gasteiger partial charge in [-0.1, -0.05) is 88.5 Å². The van der Waals surface area contributed by atoms with Gasteiger partial charge in [-0.15, -0.1) is 0 Å². The van der Waals surface area contributed by atoms with Gasteiger partial charge in [0.2, 0.25) is 0 Å². The minimum atomic E-state index is -1.62. The summed E-state index contributed by atoms with van der Waals surface area (Å²) in [7, 11) is -2.03. The van der Waals surface area contributed by atoms with Crippen LogP contribution >= 0.6 is 8.07 Å². The van der Waals surface area contributed by atoms with E-state index in [2.05, 4.69) is 99.7 Å². The molecule has 2 atom stereocenters. The van der Waals surface area contributed by atoms with Gasteiger partial charge >= 0.3 is 0 Å². The summed E-state index contributed by atoms with van der Waals surface area (Å²) in [5.74, 6) is 0. The molecule has 2 aromatic carbocycles. The lowest BCUT2D eigenvalue weighted by Crippen LogP contribution is -2.52. The minimum absolute atomic E-state index is 0.346. The monoisotopic (exact) mass is 341 g/mol. The van der Waals surface area contributed by atoms with Crippen LogP contribution < -0.4 is 10.6 Å². The molecule has 0 saturated carbocycles. The van der Waals surface area contributed by atoms with Crippen LogP contribution in [0.3, 0.4) is 0 Å². The molecular formula is C20H28NPSi. The van der Waals surface area contributed by atoms with Crippen LogP contribution in [-0.2, 0) is 0 Å². The van der Waals surface area contributed by atoms with Gasteiger partial charge in [-0.25, -0.2) is 0 Å². The Morgan fingerprint density at radius 1 is 0.913 bits per heavy atom. The first-order valence-electron chi connectivity index (χ1n) is 8.48. The summed E-state index contributed by atoms with van der Waals surface area (Å²) in [5, 5.41) is 3.40. The number of hydrogen-bond donors (Lipinski definition) is 0. The molecule has 3 rings (SSSR count). The first-order chi connectivity index (χ1) is 10.7. The fraction of sp³-hybridized carbons (Fsp3) is 0.400. The molecule has 23 heavy (non-hydrogen) atoms. The summed E-state index contributed by atoms with van der Waals surface area (Å²) >= 11 is 0. The minimum Gasteiger partial charge on any atom is -0.289 e. The second-order valence-electron chi connectivity index (χ2n) is 8.04.